The van der Waals surface area contributed by atoms with Crippen LogP contribution in [-0.2, 0) is 4.79 Å². The molecular formula is C25H29N3O3. The van der Waals surface area contributed by atoms with E-state index in [0.717, 1.165) is 46.7 Å². The van der Waals surface area contributed by atoms with Crippen molar-refractivity contribution in [3.8, 4) is 11.5 Å². The number of carbonyl (C=O) groups is 1. The van der Waals surface area contributed by atoms with Crippen molar-refractivity contribution in [2.45, 2.75) is 51.5 Å². The number of amides is 1. The SMILES string of the molecule is COc1cc2c(cc1OC)[C@H]1CCCC[C@H]1N=C2c1cccc(C(C)=NNC(C)=O)c1. The van der Waals surface area contributed by atoms with Crippen LogP contribution in [0.1, 0.15) is 67.7 Å². The first-order valence-corrected chi connectivity index (χ1v) is 10.8. The molecular weight excluding hydrogens is 390 g/mol. The highest BCUT2D eigenvalue weighted by atomic mass is 16.5. The second kappa shape index (κ2) is 8.92. The Labute approximate surface area is 183 Å². The van der Waals surface area contributed by atoms with E-state index in [1.807, 2.05) is 19.1 Å². The Hall–Kier alpha value is -3.15. The Balaban J connectivity index is 1.82. The van der Waals surface area contributed by atoms with Gasteiger partial charge in [-0.2, -0.15) is 5.10 Å². The van der Waals surface area contributed by atoms with Gasteiger partial charge in [0.1, 0.15) is 0 Å². The van der Waals surface area contributed by atoms with Crippen LogP contribution < -0.4 is 14.9 Å². The van der Waals surface area contributed by atoms with Crippen molar-refractivity contribution in [3.05, 3.63) is 58.7 Å². The van der Waals surface area contributed by atoms with Crippen molar-refractivity contribution in [2.24, 2.45) is 10.1 Å². The second-order valence-corrected chi connectivity index (χ2v) is 8.18. The largest absolute Gasteiger partial charge is 0.493 e. The van der Waals surface area contributed by atoms with Crippen LogP contribution in [0.15, 0.2) is 46.5 Å². The Morgan fingerprint density at radius 1 is 1.06 bits per heavy atom. The van der Waals surface area contributed by atoms with Crippen LogP contribution in [0.3, 0.4) is 0 Å². The van der Waals surface area contributed by atoms with Crippen LogP contribution in [-0.4, -0.2) is 37.6 Å². The predicted molar refractivity (Wildman–Crippen MR) is 123 cm³/mol. The summed E-state index contributed by atoms with van der Waals surface area (Å²) in [4.78, 5) is 16.4. The zero-order valence-electron chi connectivity index (χ0n) is 18.6. The van der Waals surface area contributed by atoms with Crippen LogP contribution in [0.5, 0.6) is 11.5 Å². The van der Waals surface area contributed by atoms with E-state index >= 15 is 0 Å². The van der Waals surface area contributed by atoms with Gasteiger partial charge in [-0.15, -0.1) is 0 Å². The van der Waals surface area contributed by atoms with Crippen molar-refractivity contribution in [2.75, 3.05) is 14.2 Å². The Bertz CT molecular complexity index is 1060. The number of nitrogens with zero attached hydrogens (tertiary/aromatic N) is 2. The Morgan fingerprint density at radius 3 is 2.55 bits per heavy atom. The minimum absolute atomic E-state index is 0.189. The zero-order valence-corrected chi connectivity index (χ0v) is 18.6. The second-order valence-electron chi connectivity index (χ2n) is 8.18. The van der Waals surface area contributed by atoms with Crippen molar-refractivity contribution in [3.63, 3.8) is 0 Å². The maximum atomic E-state index is 11.2. The molecule has 1 N–H and O–H groups in total. The number of rotatable bonds is 5. The summed E-state index contributed by atoms with van der Waals surface area (Å²) in [5, 5.41) is 4.18. The number of ether oxygens (including phenoxy) is 2. The molecule has 1 fully saturated rings. The van der Waals surface area contributed by atoms with E-state index in [1.54, 1.807) is 14.2 Å². The van der Waals surface area contributed by atoms with Crippen molar-refractivity contribution in [1.29, 1.82) is 0 Å². The zero-order chi connectivity index (χ0) is 22.0. The fraction of sp³-hybridized carbons (Fsp3) is 0.400. The van der Waals surface area contributed by atoms with Gasteiger partial charge in [0.2, 0.25) is 5.91 Å². The smallest absolute Gasteiger partial charge is 0.236 e. The van der Waals surface area contributed by atoms with Crippen LogP contribution in [0.25, 0.3) is 0 Å². The molecule has 1 heterocycles. The summed E-state index contributed by atoms with van der Waals surface area (Å²) in [5.41, 5.74) is 8.62. The molecule has 2 atom stereocenters. The number of carbonyl (C=O) groups excluding carboxylic acids is 1. The van der Waals surface area contributed by atoms with Gasteiger partial charge in [0, 0.05) is 24.0 Å². The first-order valence-electron chi connectivity index (χ1n) is 10.8. The lowest BCUT2D eigenvalue weighted by Gasteiger charge is -2.35. The van der Waals surface area contributed by atoms with Gasteiger partial charge in [0.15, 0.2) is 11.5 Å². The van der Waals surface area contributed by atoms with E-state index < -0.39 is 0 Å². The molecule has 1 amide bonds. The maximum absolute atomic E-state index is 11.2. The Morgan fingerprint density at radius 2 is 1.81 bits per heavy atom. The minimum Gasteiger partial charge on any atom is -0.493 e. The van der Waals surface area contributed by atoms with Gasteiger partial charge in [-0.1, -0.05) is 31.0 Å². The van der Waals surface area contributed by atoms with Crippen LogP contribution in [0.2, 0.25) is 0 Å². The number of aliphatic imine (C=N–C) groups is 1. The van der Waals surface area contributed by atoms with Gasteiger partial charge in [0.25, 0.3) is 0 Å². The van der Waals surface area contributed by atoms with Crippen LogP contribution >= 0.6 is 0 Å². The standard InChI is InChI=1S/C25H29N3O3/c1-15(27-28-16(2)29)17-8-7-9-18(12-17)25-21-14-24(31-4)23(30-3)13-20(21)19-10-5-6-11-22(19)26-25/h7-9,12-14,19,22H,5-6,10-11H2,1-4H3,(H,28,29)/t19-,22-/m1/s1. The summed E-state index contributed by atoms with van der Waals surface area (Å²) in [5.74, 6) is 1.70. The number of nitrogens with one attached hydrogen (secondary N) is 1. The summed E-state index contributed by atoms with van der Waals surface area (Å²) in [6.45, 7) is 3.33. The lowest BCUT2D eigenvalue weighted by Crippen LogP contribution is -2.29. The van der Waals surface area contributed by atoms with Crippen molar-refractivity contribution in [1.82, 2.24) is 5.43 Å². The molecule has 0 spiro atoms. The number of hydrogen-bond acceptors (Lipinski definition) is 5. The third-order valence-corrected chi connectivity index (χ3v) is 6.17. The molecule has 0 bridgehead atoms. The van der Waals surface area contributed by atoms with E-state index in [1.165, 1.54) is 25.3 Å². The highest BCUT2D eigenvalue weighted by Crippen LogP contribution is 2.44. The monoisotopic (exact) mass is 419 g/mol. The van der Waals surface area contributed by atoms with Crippen molar-refractivity contribution < 1.29 is 14.3 Å². The first-order chi connectivity index (χ1) is 15.0. The van der Waals surface area contributed by atoms with Crippen LogP contribution in [0.4, 0.5) is 0 Å². The number of benzene rings is 2. The number of fused-ring (bicyclic) bond motifs is 3. The molecule has 1 aliphatic heterocycles. The third kappa shape index (κ3) is 4.20. The van der Waals surface area contributed by atoms with E-state index in [4.69, 9.17) is 14.5 Å². The van der Waals surface area contributed by atoms with E-state index in [0.29, 0.717) is 11.7 Å². The van der Waals surface area contributed by atoms with Crippen molar-refractivity contribution >= 4 is 17.3 Å². The molecule has 0 radical (unpaired) electrons. The lowest BCUT2D eigenvalue weighted by atomic mass is 9.75. The molecule has 6 nitrogen and oxygen atoms in total. The van der Waals surface area contributed by atoms with Gasteiger partial charge < -0.3 is 9.47 Å². The third-order valence-electron chi connectivity index (χ3n) is 6.17. The molecule has 1 saturated carbocycles. The molecule has 2 aromatic carbocycles. The fourth-order valence-corrected chi connectivity index (χ4v) is 4.62. The highest BCUT2D eigenvalue weighted by Gasteiger charge is 2.34. The van der Waals surface area contributed by atoms with Gasteiger partial charge in [-0.25, -0.2) is 5.43 Å². The number of hydrogen-bond donors (Lipinski definition) is 1. The summed E-state index contributed by atoms with van der Waals surface area (Å²) < 4.78 is 11.2. The summed E-state index contributed by atoms with van der Waals surface area (Å²) in [6.07, 6.45) is 4.69. The van der Waals surface area contributed by atoms with Gasteiger partial charge >= 0.3 is 0 Å². The molecule has 1 aliphatic carbocycles. The summed E-state index contributed by atoms with van der Waals surface area (Å²) >= 11 is 0. The molecule has 2 aromatic rings. The molecule has 0 saturated heterocycles. The molecule has 162 valence electrons. The average molecular weight is 420 g/mol. The quantitative estimate of drug-likeness (QED) is 0.575. The van der Waals surface area contributed by atoms with E-state index in [9.17, 15) is 4.79 Å². The first kappa shape index (κ1) is 21.1. The van der Waals surface area contributed by atoms with E-state index in [2.05, 4.69) is 34.8 Å². The molecule has 0 unspecified atom stereocenters. The molecule has 2 aliphatic rings. The lowest BCUT2D eigenvalue weighted by molar-refractivity contribution is -0.118. The number of methoxy groups -OCH3 is 2. The number of hydrazone groups is 1. The van der Waals surface area contributed by atoms with Gasteiger partial charge in [0.05, 0.1) is 31.7 Å². The predicted octanol–water partition coefficient (Wildman–Crippen LogP) is 4.44. The molecule has 4 rings (SSSR count). The molecule has 0 aromatic heterocycles. The topological polar surface area (TPSA) is 72.3 Å². The molecule has 6 heteroatoms. The van der Waals surface area contributed by atoms with E-state index in [-0.39, 0.29) is 11.9 Å². The normalized spacial score (nSPS) is 20.3. The van der Waals surface area contributed by atoms with Crippen LogP contribution in [0, 0.1) is 0 Å². The van der Waals surface area contributed by atoms with Gasteiger partial charge in [-0.05, 0) is 49.1 Å². The minimum atomic E-state index is -0.189. The maximum Gasteiger partial charge on any atom is 0.236 e. The average Bonchev–Trinajstić information content (AvgIpc) is 2.81. The molecule has 31 heavy (non-hydrogen) atoms. The summed E-state index contributed by atoms with van der Waals surface area (Å²) in [6, 6.07) is 12.6. The summed E-state index contributed by atoms with van der Waals surface area (Å²) in [7, 11) is 3.34. The Kier molecular flexibility index (Phi) is 6.07. The highest BCUT2D eigenvalue weighted by molar-refractivity contribution is 6.16. The fourth-order valence-electron chi connectivity index (χ4n) is 4.62. The van der Waals surface area contributed by atoms with Gasteiger partial charge in [-0.3, -0.25) is 9.79 Å².